The third-order valence-corrected chi connectivity index (χ3v) is 4.75. The van der Waals surface area contributed by atoms with Gasteiger partial charge in [0.1, 0.15) is 18.5 Å². The summed E-state index contributed by atoms with van der Waals surface area (Å²) in [6.45, 7) is 0.567. The number of hydrogen-bond acceptors (Lipinski definition) is 6. The Morgan fingerprint density at radius 3 is 2.60 bits per heavy atom. The summed E-state index contributed by atoms with van der Waals surface area (Å²) in [6, 6.07) is 9.00. The van der Waals surface area contributed by atoms with E-state index in [4.69, 9.17) is 9.47 Å². The lowest BCUT2D eigenvalue weighted by molar-refractivity contribution is -0.387. The fourth-order valence-electron chi connectivity index (χ4n) is 2.03. The molecule has 0 aliphatic carbocycles. The maximum atomic E-state index is 13.8. The van der Waals surface area contributed by atoms with Gasteiger partial charge in [0.25, 0.3) is 10.0 Å². The average molecular weight is 368 g/mol. The molecule has 2 aromatic rings. The molecule has 0 saturated carbocycles. The molecule has 2 aromatic carbocycles. The summed E-state index contributed by atoms with van der Waals surface area (Å²) in [5.41, 5.74) is -1.08. The van der Waals surface area contributed by atoms with Crippen molar-refractivity contribution in [2.24, 2.45) is 0 Å². The van der Waals surface area contributed by atoms with Gasteiger partial charge in [0.05, 0.1) is 22.1 Å². The highest BCUT2D eigenvalue weighted by Crippen LogP contribution is 2.34. The Morgan fingerprint density at radius 1 is 1.32 bits per heavy atom. The molecular weight excluding hydrogens is 355 g/mol. The van der Waals surface area contributed by atoms with Crippen molar-refractivity contribution in [1.82, 2.24) is 0 Å². The first kappa shape index (κ1) is 17.1. The van der Waals surface area contributed by atoms with Gasteiger partial charge in [-0.05, 0) is 12.1 Å². The predicted molar refractivity (Wildman–Crippen MR) is 85.5 cm³/mol. The minimum atomic E-state index is -4.02. The Morgan fingerprint density at radius 2 is 2.00 bits per heavy atom. The van der Waals surface area contributed by atoms with Gasteiger partial charge in [0, 0.05) is 12.1 Å². The van der Waals surface area contributed by atoms with Crippen LogP contribution in [-0.4, -0.2) is 32.7 Å². The van der Waals surface area contributed by atoms with Gasteiger partial charge >= 0.3 is 5.69 Å². The minimum Gasteiger partial charge on any atom is -0.488 e. The van der Waals surface area contributed by atoms with E-state index in [9.17, 15) is 22.9 Å². The second-order valence-electron chi connectivity index (χ2n) is 5.24. The molecule has 132 valence electrons. The summed E-state index contributed by atoms with van der Waals surface area (Å²) in [5.74, 6) is -1.28. The zero-order chi connectivity index (χ0) is 18.0. The number of nitrogens with one attached hydrogen (secondary N) is 1. The summed E-state index contributed by atoms with van der Waals surface area (Å²) in [4.78, 5) is 9.94. The van der Waals surface area contributed by atoms with E-state index in [1.54, 1.807) is 6.07 Å². The number of halogens is 1. The lowest BCUT2D eigenvalue weighted by Crippen LogP contribution is -2.15. The lowest BCUT2D eigenvalue weighted by atomic mass is 10.2. The van der Waals surface area contributed by atoms with Crippen molar-refractivity contribution in [2.45, 2.75) is 11.0 Å². The molecule has 25 heavy (non-hydrogen) atoms. The van der Waals surface area contributed by atoms with Crippen LogP contribution in [0.3, 0.4) is 0 Å². The van der Waals surface area contributed by atoms with Crippen LogP contribution in [0.25, 0.3) is 0 Å². The maximum absolute atomic E-state index is 13.8. The van der Waals surface area contributed by atoms with Crippen LogP contribution in [0, 0.1) is 15.9 Å². The summed E-state index contributed by atoms with van der Waals surface area (Å²) in [7, 11) is -4.02. The summed E-state index contributed by atoms with van der Waals surface area (Å²) in [5, 5.41) is 10.9. The molecule has 8 nitrogen and oxygen atoms in total. The molecule has 1 aliphatic heterocycles. The number of hydrogen-bond donors (Lipinski definition) is 1. The van der Waals surface area contributed by atoms with Crippen molar-refractivity contribution in [3.8, 4) is 5.75 Å². The van der Waals surface area contributed by atoms with Gasteiger partial charge in [-0.2, -0.15) is 4.39 Å². The largest absolute Gasteiger partial charge is 0.488 e. The molecule has 1 aliphatic rings. The second-order valence-corrected chi connectivity index (χ2v) is 6.92. The SMILES string of the molecule is O=[N+]([O-])c1cc(NS(=O)(=O)c2ccccc2)c(OCC2CO2)cc1F. The van der Waals surface area contributed by atoms with E-state index < -0.39 is 26.5 Å². The molecule has 0 bridgehead atoms. The Balaban J connectivity index is 1.96. The molecule has 1 N–H and O–H groups in total. The molecule has 10 heteroatoms. The Bertz CT molecular complexity index is 900. The first-order valence-corrected chi connectivity index (χ1v) is 8.65. The Hall–Kier alpha value is -2.72. The Labute approximate surface area is 142 Å². The van der Waals surface area contributed by atoms with Crippen LogP contribution in [-0.2, 0) is 14.8 Å². The normalized spacial score (nSPS) is 16.3. The molecule has 1 heterocycles. The summed E-state index contributed by atoms with van der Waals surface area (Å²) >= 11 is 0. The molecule has 0 amide bonds. The minimum absolute atomic E-state index is 0.0431. The first-order chi connectivity index (χ1) is 11.9. The molecule has 0 spiro atoms. The molecule has 0 aromatic heterocycles. The van der Waals surface area contributed by atoms with E-state index >= 15 is 0 Å². The van der Waals surface area contributed by atoms with Gasteiger partial charge in [0.15, 0.2) is 0 Å². The molecule has 1 unspecified atom stereocenters. The van der Waals surface area contributed by atoms with E-state index in [0.717, 1.165) is 12.1 Å². The zero-order valence-corrected chi connectivity index (χ0v) is 13.5. The number of ether oxygens (including phenoxy) is 2. The Kier molecular flexibility index (Phi) is 4.55. The quantitative estimate of drug-likeness (QED) is 0.456. The number of nitro groups is 1. The van der Waals surface area contributed by atoms with E-state index in [2.05, 4.69) is 4.72 Å². The molecular formula is C15H13FN2O6S. The van der Waals surface area contributed by atoms with Crippen molar-refractivity contribution in [3.63, 3.8) is 0 Å². The van der Waals surface area contributed by atoms with Crippen molar-refractivity contribution in [2.75, 3.05) is 17.9 Å². The lowest BCUT2D eigenvalue weighted by Gasteiger charge is -2.13. The topological polar surface area (TPSA) is 111 Å². The van der Waals surface area contributed by atoms with Crippen LogP contribution in [0.2, 0.25) is 0 Å². The van der Waals surface area contributed by atoms with Crippen LogP contribution >= 0.6 is 0 Å². The maximum Gasteiger partial charge on any atom is 0.307 e. The standard InChI is InChI=1S/C15H13FN2O6S/c16-12-6-15(24-9-10-8-23-10)13(7-14(12)18(19)20)17-25(21,22)11-4-2-1-3-5-11/h1-7,10,17H,8-9H2. The van der Waals surface area contributed by atoms with E-state index in [-0.39, 0.29) is 29.0 Å². The predicted octanol–water partition coefficient (Wildman–Crippen LogP) is 2.31. The van der Waals surface area contributed by atoms with Crippen LogP contribution < -0.4 is 9.46 Å². The third kappa shape index (κ3) is 4.03. The summed E-state index contributed by atoms with van der Waals surface area (Å²) in [6.07, 6.45) is -0.156. The zero-order valence-electron chi connectivity index (χ0n) is 12.7. The fraction of sp³-hybridized carbons (Fsp3) is 0.200. The fourth-order valence-corrected chi connectivity index (χ4v) is 3.12. The van der Waals surface area contributed by atoms with Crippen molar-refractivity contribution in [3.05, 3.63) is 58.4 Å². The number of epoxide rings is 1. The van der Waals surface area contributed by atoms with Crippen molar-refractivity contribution >= 4 is 21.4 Å². The number of sulfonamides is 1. The highest BCUT2D eigenvalue weighted by Gasteiger charge is 2.26. The number of benzene rings is 2. The van der Waals surface area contributed by atoms with E-state index in [0.29, 0.717) is 6.61 Å². The van der Waals surface area contributed by atoms with Crippen molar-refractivity contribution < 1.29 is 27.2 Å². The molecule has 0 radical (unpaired) electrons. The monoisotopic (exact) mass is 368 g/mol. The smallest absolute Gasteiger partial charge is 0.307 e. The number of nitro benzene ring substituents is 1. The van der Waals surface area contributed by atoms with Gasteiger partial charge in [-0.25, -0.2) is 8.42 Å². The average Bonchev–Trinajstić information content (AvgIpc) is 3.39. The number of rotatable bonds is 7. The molecule has 1 saturated heterocycles. The molecule has 3 rings (SSSR count). The van der Waals surface area contributed by atoms with Gasteiger partial charge in [-0.1, -0.05) is 18.2 Å². The molecule has 1 atom stereocenters. The summed E-state index contributed by atoms with van der Waals surface area (Å²) < 4.78 is 51.2. The second kappa shape index (κ2) is 6.65. The van der Waals surface area contributed by atoms with Crippen molar-refractivity contribution in [1.29, 1.82) is 0 Å². The highest BCUT2D eigenvalue weighted by atomic mass is 32.2. The van der Waals surface area contributed by atoms with Gasteiger partial charge in [0.2, 0.25) is 5.82 Å². The number of nitrogens with zero attached hydrogens (tertiary/aromatic N) is 1. The van der Waals surface area contributed by atoms with Gasteiger partial charge in [-0.15, -0.1) is 0 Å². The highest BCUT2D eigenvalue weighted by molar-refractivity contribution is 7.92. The van der Waals surface area contributed by atoms with E-state index in [1.165, 1.54) is 24.3 Å². The third-order valence-electron chi connectivity index (χ3n) is 3.37. The van der Waals surface area contributed by atoms with Gasteiger partial charge < -0.3 is 9.47 Å². The molecule has 1 fully saturated rings. The number of anilines is 1. The van der Waals surface area contributed by atoms with Crippen LogP contribution in [0.4, 0.5) is 15.8 Å². The van der Waals surface area contributed by atoms with Crippen LogP contribution in [0.1, 0.15) is 0 Å². The van der Waals surface area contributed by atoms with Crippen LogP contribution in [0.5, 0.6) is 5.75 Å². The van der Waals surface area contributed by atoms with Crippen LogP contribution in [0.15, 0.2) is 47.4 Å². The first-order valence-electron chi connectivity index (χ1n) is 7.17. The van der Waals surface area contributed by atoms with E-state index in [1.807, 2.05) is 0 Å². The van der Waals surface area contributed by atoms with Gasteiger partial charge in [-0.3, -0.25) is 14.8 Å².